The van der Waals surface area contributed by atoms with Gasteiger partial charge in [-0.15, -0.1) is 0 Å². The highest BCUT2D eigenvalue weighted by molar-refractivity contribution is 6.30. The first-order valence-corrected chi connectivity index (χ1v) is 16.3. The molecule has 5 N–H and O–H groups in total. The van der Waals surface area contributed by atoms with Gasteiger partial charge in [0.15, 0.2) is 0 Å². The van der Waals surface area contributed by atoms with Crippen LogP contribution >= 0.6 is 11.6 Å². The number of carbonyl (C=O) groups excluding carboxylic acids is 1. The lowest BCUT2D eigenvalue weighted by atomic mass is 9.76. The molecule has 12 nitrogen and oxygen atoms in total. The highest BCUT2D eigenvalue weighted by atomic mass is 35.5. The van der Waals surface area contributed by atoms with Gasteiger partial charge >= 0.3 is 0 Å². The zero-order chi connectivity index (χ0) is 33.3. The summed E-state index contributed by atoms with van der Waals surface area (Å²) in [5, 5.41) is 49.0. The Labute approximate surface area is 274 Å². The van der Waals surface area contributed by atoms with Crippen molar-refractivity contribution in [3.05, 3.63) is 47.0 Å². The first-order valence-electron chi connectivity index (χ1n) is 15.9. The number of anilines is 1. The smallest absolute Gasteiger partial charge is 0.227 e. The summed E-state index contributed by atoms with van der Waals surface area (Å²) in [5.74, 6) is 0.443. The number of benzene rings is 1. The number of aliphatic hydroxyl groups excluding tert-OH is 5. The number of hydrogen-bond acceptors (Lipinski definition) is 11. The van der Waals surface area contributed by atoms with Crippen LogP contribution in [0.25, 0.3) is 0 Å². The minimum atomic E-state index is -1.68. The summed E-state index contributed by atoms with van der Waals surface area (Å²) in [4.78, 5) is 27.2. The number of nitrogens with zero attached hydrogens (tertiary/aromatic N) is 5. The molecular formula is C32H47ClFN5O7. The number of hydrogen-bond donors (Lipinski definition) is 5. The number of unbranched alkanes of at least 4 members (excludes halogenated alkanes) is 1. The van der Waals surface area contributed by atoms with Crippen molar-refractivity contribution < 1.29 is 39.5 Å². The molecule has 4 rings (SSSR count). The van der Waals surface area contributed by atoms with E-state index in [1.54, 1.807) is 29.4 Å². The van der Waals surface area contributed by atoms with Gasteiger partial charge in [-0.1, -0.05) is 24.6 Å². The zero-order valence-electron chi connectivity index (χ0n) is 26.3. The third-order valence-corrected chi connectivity index (χ3v) is 9.36. The van der Waals surface area contributed by atoms with Gasteiger partial charge in [0.1, 0.15) is 29.9 Å². The van der Waals surface area contributed by atoms with E-state index >= 15 is 0 Å². The van der Waals surface area contributed by atoms with Crippen molar-refractivity contribution in [1.29, 1.82) is 0 Å². The van der Waals surface area contributed by atoms with E-state index < -0.39 is 36.8 Å². The predicted molar refractivity (Wildman–Crippen MR) is 170 cm³/mol. The average molecular weight is 668 g/mol. The molecule has 2 aliphatic rings. The van der Waals surface area contributed by atoms with Gasteiger partial charge in [0, 0.05) is 51.9 Å². The molecule has 1 aromatic carbocycles. The van der Waals surface area contributed by atoms with Gasteiger partial charge in [-0.3, -0.25) is 9.69 Å². The van der Waals surface area contributed by atoms with E-state index in [2.05, 4.69) is 21.8 Å². The van der Waals surface area contributed by atoms with Crippen molar-refractivity contribution in [3.8, 4) is 5.75 Å². The van der Waals surface area contributed by atoms with E-state index in [0.717, 1.165) is 45.2 Å². The third-order valence-electron chi connectivity index (χ3n) is 9.17. The minimum Gasteiger partial charge on any atom is -0.493 e. The highest BCUT2D eigenvalue weighted by Crippen LogP contribution is 2.36. The van der Waals surface area contributed by atoms with E-state index in [1.807, 2.05) is 4.90 Å². The van der Waals surface area contributed by atoms with Crippen molar-refractivity contribution in [3.63, 3.8) is 0 Å². The van der Waals surface area contributed by atoms with Crippen LogP contribution in [-0.4, -0.2) is 135 Å². The molecule has 0 saturated carbocycles. The first kappa shape index (κ1) is 36.2. The SMILES string of the molecule is CC1(CCCCOc2ccc(CC(=O)N3CCN(CC(O)C(O)C(O)[C@H](O)CO)CC3)c(F)c2)CCN(c2ncc(Cl)cn2)CC1. The third kappa shape index (κ3) is 10.2. The number of halogens is 2. The van der Waals surface area contributed by atoms with Crippen LogP contribution < -0.4 is 9.64 Å². The molecule has 0 radical (unpaired) electrons. The molecule has 2 aliphatic heterocycles. The Bertz CT molecular complexity index is 1250. The second kappa shape index (κ2) is 17.0. The Hall–Kier alpha value is -2.65. The number of carbonyl (C=O) groups is 1. The van der Waals surface area contributed by atoms with Gasteiger partial charge in [0.05, 0.1) is 43.2 Å². The number of piperidine rings is 1. The Morgan fingerprint density at radius 1 is 1.00 bits per heavy atom. The largest absolute Gasteiger partial charge is 0.493 e. The Morgan fingerprint density at radius 2 is 1.65 bits per heavy atom. The lowest BCUT2D eigenvalue weighted by molar-refractivity contribution is -0.134. The van der Waals surface area contributed by atoms with Crippen LogP contribution in [0.1, 0.15) is 44.6 Å². The predicted octanol–water partition coefficient (Wildman–Crippen LogP) is 1.25. The normalized spacial score (nSPS) is 19.8. The lowest BCUT2D eigenvalue weighted by Gasteiger charge is -2.39. The summed E-state index contributed by atoms with van der Waals surface area (Å²) in [5.41, 5.74) is 0.534. The van der Waals surface area contributed by atoms with Crippen molar-refractivity contribution in [2.75, 3.05) is 63.9 Å². The van der Waals surface area contributed by atoms with Crippen LogP contribution in [0.4, 0.5) is 10.3 Å². The van der Waals surface area contributed by atoms with Crippen LogP contribution in [0.3, 0.4) is 0 Å². The molecule has 1 aromatic heterocycles. The second-order valence-electron chi connectivity index (χ2n) is 12.7. The fraction of sp³-hybridized carbons (Fsp3) is 0.656. The van der Waals surface area contributed by atoms with Gasteiger partial charge in [-0.05, 0) is 49.1 Å². The minimum absolute atomic E-state index is 0.0213. The number of aromatic nitrogens is 2. The summed E-state index contributed by atoms with van der Waals surface area (Å²) < 4.78 is 20.7. The van der Waals surface area contributed by atoms with Crippen LogP contribution in [0.2, 0.25) is 5.02 Å². The van der Waals surface area contributed by atoms with Crippen LogP contribution in [0.15, 0.2) is 30.6 Å². The molecule has 3 unspecified atom stereocenters. The number of aliphatic hydroxyl groups is 5. The second-order valence-corrected chi connectivity index (χ2v) is 13.2. The summed E-state index contributed by atoms with van der Waals surface area (Å²) in [6, 6.07) is 4.60. The number of piperazine rings is 1. The molecule has 2 aromatic rings. The number of amides is 1. The molecule has 3 heterocycles. The van der Waals surface area contributed by atoms with Crippen LogP contribution in [-0.2, 0) is 11.2 Å². The Kier molecular flexibility index (Phi) is 13.3. The average Bonchev–Trinajstić information content (AvgIpc) is 3.05. The Morgan fingerprint density at radius 3 is 2.28 bits per heavy atom. The van der Waals surface area contributed by atoms with Gasteiger partial charge < -0.3 is 40.1 Å². The Balaban J connectivity index is 1.12. The van der Waals surface area contributed by atoms with E-state index in [9.17, 15) is 29.6 Å². The quantitative estimate of drug-likeness (QED) is 0.174. The van der Waals surface area contributed by atoms with Gasteiger partial charge in [0.2, 0.25) is 11.9 Å². The highest BCUT2D eigenvalue weighted by Gasteiger charge is 2.33. The van der Waals surface area contributed by atoms with E-state index in [0.29, 0.717) is 49.5 Å². The standard InChI is InChI=1S/C32H47ClFN5O7/c1-32(7-9-39(10-8-32)31-35-18-23(33)19-36-31)6-2-3-15-46-24-5-4-22(25(34)17-24)16-28(43)38-13-11-37(12-14-38)20-26(41)29(44)30(45)27(42)21-40/h4-5,17-19,26-27,29-30,40-42,44-45H,2-3,6-16,20-21H2,1H3/t26?,27-,29?,30?/m1/s1. The molecule has 256 valence electrons. The molecule has 0 bridgehead atoms. The number of ether oxygens (including phenoxy) is 1. The molecule has 14 heteroatoms. The molecular weight excluding hydrogens is 621 g/mol. The van der Waals surface area contributed by atoms with Crippen LogP contribution in [0.5, 0.6) is 5.75 Å². The van der Waals surface area contributed by atoms with Crippen molar-refractivity contribution in [1.82, 2.24) is 19.8 Å². The van der Waals surface area contributed by atoms with Gasteiger partial charge in [0.25, 0.3) is 0 Å². The van der Waals surface area contributed by atoms with Crippen molar-refractivity contribution in [2.24, 2.45) is 5.41 Å². The van der Waals surface area contributed by atoms with Crippen molar-refractivity contribution in [2.45, 2.75) is 69.9 Å². The monoisotopic (exact) mass is 667 g/mol. The maximum Gasteiger partial charge on any atom is 0.227 e. The molecule has 1 amide bonds. The lowest BCUT2D eigenvalue weighted by Crippen LogP contribution is -2.54. The molecule has 0 aliphatic carbocycles. The number of β-amino-alcohol motifs (C(OH)–C–C–N with tert-alkyl or cyclic N) is 1. The molecule has 46 heavy (non-hydrogen) atoms. The molecule has 4 atom stereocenters. The van der Waals surface area contributed by atoms with Gasteiger partial charge in [-0.2, -0.15) is 0 Å². The first-order chi connectivity index (χ1) is 22.0. The van der Waals surface area contributed by atoms with E-state index in [4.69, 9.17) is 21.4 Å². The van der Waals surface area contributed by atoms with Crippen LogP contribution in [0, 0.1) is 11.2 Å². The molecule has 0 spiro atoms. The number of rotatable bonds is 15. The summed E-state index contributed by atoms with van der Waals surface area (Å²) >= 11 is 5.90. The fourth-order valence-electron chi connectivity index (χ4n) is 5.96. The topological polar surface area (TPSA) is 163 Å². The summed E-state index contributed by atoms with van der Waals surface area (Å²) in [6.07, 6.45) is 1.97. The fourth-order valence-corrected chi connectivity index (χ4v) is 6.06. The van der Waals surface area contributed by atoms with E-state index in [1.165, 1.54) is 6.07 Å². The zero-order valence-corrected chi connectivity index (χ0v) is 27.1. The van der Waals surface area contributed by atoms with Crippen molar-refractivity contribution >= 4 is 23.5 Å². The summed E-state index contributed by atoms with van der Waals surface area (Å²) in [6.45, 7) is 5.44. The maximum atomic E-state index is 14.9. The van der Waals surface area contributed by atoms with E-state index in [-0.39, 0.29) is 29.9 Å². The van der Waals surface area contributed by atoms with Gasteiger partial charge in [-0.25, -0.2) is 14.4 Å². The maximum absolute atomic E-state index is 14.9. The molecule has 2 saturated heterocycles. The summed E-state index contributed by atoms with van der Waals surface area (Å²) in [7, 11) is 0. The molecule has 2 fully saturated rings.